The van der Waals surface area contributed by atoms with E-state index in [4.69, 9.17) is 4.74 Å². The summed E-state index contributed by atoms with van der Waals surface area (Å²) in [5.74, 6) is 1.05. The molecular weight excluding hydrogens is 519 g/mol. The number of piperidine rings is 1. The lowest BCUT2D eigenvalue weighted by Crippen LogP contribution is -2.34. The second-order valence-corrected chi connectivity index (χ2v) is 10.7. The van der Waals surface area contributed by atoms with E-state index >= 15 is 0 Å². The van der Waals surface area contributed by atoms with Crippen LogP contribution in [-0.2, 0) is 4.79 Å². The highest BCUT2D eigenvalue weighted by Gasteiger charge is 2.23. The van der Waals surface area contributed by atoms with Crippen LogP contribution in [0.3, 0.4) is 0 Å². The summed E-state index contributed by atoms with van der Waals surface area (Å²) in [5.41, 5.74) is 3.14. The van der Waals surface area contributed by atoms with E-state index in [0.717, 1.165) is 60.4 Å². The molecule has 0 bridgehead atoms. The Morgan fingerprint density at radius 1 is 1.06 bits per heavy atom. The Kier molecular flexibility index (Phi) is 9.16. The zero-order valence-corrected chi connectivity index (χ0v) is 22.5. The third-order valence-electron chi connectivity index (χ3n) is 6.76. The summed E-state index contributed by atoms with van der Waals surface area (Å²) in [7, 11) is 0. The van der Waals surface area contributed by atoms with Crippen molar-refractivity contribution in [1.82, 2.24) is 4.90 Å². The van der Waals surface area contributed by atoms with Crippen molar-refractivity contribution in [3.63, 3.8) is 0 Å². The molecule has 0 aliphatic carbocycles. The molecule has 1 aliphatic heterocycles. The Balaban J connectivity index is 1.34. The van der Waals surface area contributed by atoms with Crippen LogP contribution in [0.4, 0.5) is 10.1 Å². The number of carbonyl (C=O) groups excluding carboxylic acids is 1. The van der Waals surface area contributed by atoms with Crippen LogP contribution in [0, 0.1) is 11.7 Å². The molecule has 1 N–H and O–H groups in total. The van der Waals surface area contributed by atoms with Gasteiger partial charge in [-0.2, -0.15) is 0 Å². The minimum atomic E-state index is -0.241. The maximum absolute atomic E-state index is 13.5. The molecule has 0 aromatic heterocycles. The SMILES string of the molecule is CC(C)C(=O)Nc1cccc(C2CCN(CCC(Oc3cccc(Br)c3)c3ccc(F)cc3)CC2)c1. The summed E-state index contributed by atoms with van der Waals surface area (Å²) >= 11 is 3.51. The van der Waals surface area contributed by atoms with E-state index in [-0.39, 0.29) is 23.7 Å². The van der Waals surface area contributed by atoms with Crippen molar-refractivity contribution in [2.75, 3.05) is 25.0 Å². The predicted molar refractivity (Wildman–Crippen MR) is 147 cm³/mol. The number of nitrogens with one attached hydrogen (secondary N) is 1. The van der Waals surface area contributed by atoms with Gasteiger partial charge in [-0.3, -0.25) is 4.79 Å². The number of halogens is 2. The van der Waals surface area contributed by atoms with Gasteiger partial charge in [0.1, 0.15) is 17.7 Å². The van der Waals surface area contributed by atoms with Gasteiger partial charge in [-0.1, -0.05) is 60.1 Å². The number of carbonyl (C=O) groups is 1. The number of hydrogen-bond acceptors (Lipinski definition) is 3. The average molecular weight is 554 g/mol. The minimum absolute atomic E-state index is 0.0389. The van der Waals surface area contributed by atoms with Gasteiger partial charge >= 0.3 is 0 Å². The maximum atomic E-state index is 13.5. The highest BCUT2D eigenvalue weighted by atomic mass is 79.9. The van der Waals surface area contributed by atoms with Crippen molar-refractivity contribution in [3.05, 3.63) is 94.2 Å². The van der Waals surface area contributed by atoms with Crippen LogP contribution in [0.25, 0.3) is 0 Å². The van der Waals surface area contributed by atoms with Crippen molar-refractivity contribution in [2.24, 2.45) is 5.92 Å². The van der Waals surface area contributed by atoms with Crippen molar-refractivity contribution in [1.29, 1.82) is 0 Å². The molecule has 1 unspecified atom stereocenters. The lowest BCUT2D eigenvalue weighted by atomic mass is 9.89. The second kappa shape index (κ2) is 12.5. The monoisotopic (exact) mass is 552 g/mol. The van der Waals surface area contributed by atoms with Gasteiger partial charge in [-0.15, -0.1) is 0 Å². The Bertz CT molecular complexity index is 1140. The third-order valence-corrected chi connectivity index (χ3v) is 7.25. The average Bonchev–Trinajstić information content (AvgIpc) is 2.87. The van der Waals surface area contributed by atoms with Crippen molar-refractivity contribution >= 4 is 27.5 Å². The lowest BCUT2D eigenvalue weighted by molar-refractivity contribution is -0.118. The molecule has 1 saturated heterocycles. The minimum Gasteiger partial charge on any atom is -0.486 e. The molecule has 0 radical (unpaired) electrons. The van der Waals surface area contributed by atoms with E-state index in [9.17, 15) is 9.18 Å². The number of amides is 1. The molecule has 1 aliphatic rings. The molecule has 0 saturated carbocycles. The number of ether oxygens (including phenoxy) is 1. The fourth-order valence-electron chi connectivity index (χ4n) is 4.62. The Morgan fingerprint density at radius 3 is 2.47 bits per heavy atom. The van der Waals surface area contributed by atoms with E-state index in [0.29, 0.717) is 5.92 Å². The summed E-state index contributed by atoms with van der Waals surface area (Å²) in [5, 5.41) is 3.02. The number of likely N-dealkylation sites (tertiary alicyclic amines) is 1. The molecule has 3 aromatic carbocycles. The molecule has 190 valence electrons. The lowest BCUT2D eigenvalue weighted by Gasteiger charge is -2.33. The maximum Gasteiger partial charge on any atom is 0.226 e. The smallest absolute Gasteiger partial charge is 0.226 e. The summed E-state index contributed by atoms with van der Waals surface area (Å²) in [4.78, 5) is 14.6. The number of anilines is 1. The van der Waals surface area contributed by atoms with Crippen LogP contribution >= 0.6 is 15.9 Å². The summed E-state index contributed by atoms with van der Waals surface area (Å²) in [6.45, 7) is 6.74. The van der Waals surface area contributed by atoms with Gasteiger partial charge < -0.3 is 15.0 Å². The van der Waals surface area contributed by atoms with Gasteiger partial charge in [0.15, 0.2) is 0 Å². The quantitative estimate of drug-likeness (QED) is 0.297. The Hall–Kier alpha value is -2.70. The zero-order valence-electron chi connectivity index (χ0n) is 20.9. The van der Waals surface area contributed by atoms with Gasteiger partial charge in [-0.05, 0) is 85.4 Å². The van der Waals surface area contributed by atoms with Gasteiger partial charge in [0.05, 0.1) is 0 Å². The van der Waals surface area contributed by atoms with Gasteiger partial charge in [-0.25, -0.2) is 4.39 Å². The molecule has 4 nitrogen and oxygen atoms in total. The van der Waals surface area contributed by atoms with Crippen LogP contribution in [-0.4, -0.2) is 30.4 Å². The molecule has 36 heavy (non-hydrogen) atoms. The van der Waals surface area contributed by atoms with E-state index in [2.05, 4.69) is 38.3 Å². The van der Waals surface area contributed by atoms with Crippen LogP contribution in [0.1, 0.15) is 56.3 Å². The van der Waals surface area contributed by atoms with Crippen molar-refractivity contribution in [3.8, 4) is 5.75 Å². The normalized spacial score (nSPS) is 15.6. The first-order valence-electron chi connectivity index (χ1n) is 12.7. The zero-order chi connectivity index (χ0) is 25.5. The number of hydrogen-bond donors (Lipinski definition) is 1. The molecule has 0 spiro atoms. The number of benzene rings is 3. The first-order valence-corrected chi connectivity index (χ1v) is 13.5. The van der Waals surface area contributed by atoms with Crippen LogP contribution in [0.15, 0.2) is 77.3 Å². The fraction of sp³-hybridized carbons (Fsp3) is 0.367. The standard InChI is InChI=1S/C30H34BrFN2O2/c1-21(2)30(35)33-27-7-3-5-24(19-27)22-13-16-34(17-14-22)18-15-29(23-9-11-26(32)12-10-23)36-28-8-4-6-25(31)20-28/h3-12,19-22,29H,13-18H2,1-2H3,(H,33,35). The largest absolute Gasteiger partial charge is 0.486 e. The van der Waals surface area contributed by atoms with Crippen molar-refractivity contribution < 1.29 is 13.9 Å². The van der Waals surface area contributed by atoms with E-state index < -0.39 is 0 Å². The third kappa shape index (κ3) is 7.40. The van der Waals surface area contributed by atoms with Crippen molar-refractivity contribution in [2.45, 2.75) is 45.1 Å². The highest BCUT2D eigenvalue weighted by molar-refractivity contribution is 9.10. The van der Waals surface area contributed by atoms with Gasteiger partial charge in [0, 0.05) is 29.0 Å². The van der Waals surface area contributed by atoms with Gasteiger partial charge in [0.2, 0.25) is 5.91 Å². The van der Waals surface area contributed by atoms with Crippen LogP contribution in [0.5, 0.6) is 5.75 Å². The topological polar surface area (TPSA) is 41.6 Å². The molecule has 1 atom stereocenters. The number of nitrogens with zero attached hydrogens (tertiary/aromatic N) is 1. The molecule has 1 amide bonds. The van der Waals surface area contributed by atoms with Crippen LogP contribution in [0.2, 0.25) is 0 Å². The molecule has 3 aromatic rings. The molecule has 1 fully saturated rings. The Morgan fingerprint density at radius 2 is 1.78 bits per heavy atom. The number of rotatable bonds is 9. The van der Waals surface area contributed by atoms with Gasteiger partial charge in [0.25, 0.3) is 0 Å². The van der Waals surface area contributed by atoms with E-state index in [1.54, 1.807) is 0 Å². The van der Waals surface area contributed by atoms with E-state index in [1.807, 2.05) is 62.4 Å². The summed E-state index contributed by atoms with van der Waals surface area (Å²) in [6.07, 6.45) is 2.82. The molecule has 1 heterocycles. The first-order chi connectivity index (χ1) is 17.4. The second-order valence-electron chi connectivity index (χ2n) is 9.79. The fourth-order valence-corrected chi connectivity index (χ4v) is 5.00. The van der Waals surface area contributed by atoms with Crippen LogP contribution < -0.4 is 10.1 Å². The molecule has 4 rings (SSSR count). The highest BCUT2D eigenvalue weighted by Crippen LogP contribution is 2.31. The first kappa shape index (κ1) is 26.4. The van der Waals surface area contributed by atoms with E-state index in [1.165, 1.54) is 17.7 Å². The molecular formula is C30H34BrFN2O2. The molecule has 6 heteroatoms. The predicted octanol–water partition coefficient (Wildman–Crippen LogP) is 7.57. The summed E-state index contributed by atoms with van der Waals surface area (Å²) in [6, 6.07) is 22.7. The summed E-state index contributed by atoms with van der Waals surface area (Å²) < 4.78 is 20.8. The Labute approximate surface area is 222 Å².